The Kier molecular flexibility index (Phi) is 4.71. The van der Waals surface area contributed by atoms with Crippen molar-refractivity contribution in [1.82, 2.24) is 10.3 Å². The third-order valence-corrected chi connectivity index (χ3v) is 2.59. The van der Waals surface area contributed by atoms with Crippen LogP contribution in [0, 0.1) is 0 Å². The van der Waals surface area contributed by atoms with Crippen LogP contribution < -0.4 is 11.1 Å². The minimum absolute atomic E-state index is 0.506. The summed E-state index contributed by atoms with van der Waals surface area (Å²) in [7, 11) is 0. The highest BCUT2D eigenvalue weighted by atomic mass is 16.3. The minimum atomic E-state index is -0.737. The number of hydrogen-bond donors (Lipinski definition) is 3. The summed E-state index contributed by atoms with van der Waals surface area (Å²) in [5.74, 6) is 0.506. The first-order chi connectivity index (χ1) is 7.55. The van der Waals surface area contributed by atoms with Crippen LogP contribution in [0.2, 0.25) is 0 Å². The molecule has 0 fully saturated rings. The van der Waals surface area contributed by atoms with Crippen molar-refractivity contribution in [2.45, 2.75) is 32.3 Å². The summed E-state index contributed by atoms with van der Waals surface area (Å²) < 4.78 is 0. The average Bonchev–Trinajstić information content (AvgIpc) is 2.21. The quantitative estimate of drug-likeness (QED) is 0.628. The molecule has 0 spiro atoms. The van der Waals surface area contributed by atoms with Crippen LogP contribution >= 0.6 is 0 Å². The van der Waals surface area contributed by atoms with E-state index in [0.717, 1.165) is 18.7 Å². The van der Waals surface area contributed by atoms with E-state index in [1.165, 1.54) is 0 Å². The Balaban J connectivity index is 2.55. The van der Waals surface area contributed by atoms with Gasteiger partial charge in [-0.3, -0.25) is 0 Å². The molecule has 0 saturated heterocycles. The molecule has 0 aliphatic carbocycles. The second kappa shape index (κ2) is 5.82. The fourth-order valence-corrected chi connectivity index (χ4v) is 1.63. The maximum atomic E-state index is 10.2. The molecule has 0 aliphatic rings. The normalized spacial score (nSPS) is 14.7. The molecule has 1 atom stereocenters. The summed E-state index contributed by atoms with van der Waals surface area (Å²) in [6.07, 6.45) is 2.90. The van der Waals surface area contributed by atoms with Crippen LogP contribution in [0.1, 0.15) is 25.8 Å². The lowest BCUT2D eigenvalue weighted by Gasteiger charge is -2.23. The topological polar surface area (TPSA) is 71.2 Å². The van der Waals surface area contributed by atoms with Crippen molar-refractivity contribution >= 4 is 5.82 Å². The molecule has 0 radical (unpaired) electrons. The number of nitrogen functional groups attached to an aromatic ring is 1. The van der Waals surface area contributed by atoms with Gasteiger partial charge in [-0.15, -0.1) is 0 Å². The van der Waals surface area contributed by atoms with Gasteiger partial charge in [0.15, 0.2) is 0 Å². The van der Waals surface area contributed by atoms with Gasteiger partial charge in [0, 0.05) is 12.6 Å². The van der Waals surface area contributed by atoms with Crippen molar-refractivity contribution in [3.63, 3.8) is 0 Å². The second-order valence-electron chi connectivity index (χ2n) is 4.33. The number of aliphatic hydroxyl groups is 1. The number of pyridine rings is 1. The van der Waals surface area contributed by atoms with Gasteiger partial charge >= 0.3 is 0 Å². The van der Waals surface area contributed by atoms with Gasteiger partial charge in [-0.1, -0.05) is 13.0 Å². The van der Waals surface area contributed by atoms with E-state index in [0.29, 0.717) is 18.7 Å². The van der Waals surface area contributed by atoms with Gasteiger partial charge in [-0.25, -0.2) is 4.98 Å². The molecule has 4 nitrogen and oxygen atoms in total. The lowest BCUT2D eigenvalue weighted by molar-refractivity contribution is 0.0518. The molecule has 4 heteroatoms. The first kappa shape index (κ1) is 12.9. The number of nitrogens with zero attached hydrogens (tertiary/aromatic N) is 1. The van der Waals surface area contributed by atoms with Gasteiger partial charge in [-0.2, -0.15) is 0 Å². The molecular weight excluding hydrogens is 202 g/mol. The molecule has 1 heterocycles. The summed E-state index contributed by atoms with van der Waals surface area (Å²) in [6, 6.07) is 3.75. The van der Waals surface area contributed by atoms with E-state index < -0.39 is 5.60 Å². The fraction of sp³-hybridized carbons (Fsp3) is 0.583. The van der Waals surface area contributed by atoms with Crippen LogP contribution in [0.3, 0.4) is 0 Å². The second-order valence-corrected chi connectivity index (χ2v) is 4.33. The molecule has 0 amide bonds. The Labute approximate surface area is 96.9 Å². The third-order valence-electron chi connectivity index (χ3n) is 2.59. The average molecular weight is 223 g/mol. The maximum Gasteiger partial charge on any atom is 0.126 e. The summed E-state index contributed by atoms with van der Waals surface area (Å²) in [4.78, 5) is 4.01. The van der Waals surface area contributed by atoms with E-state index in [1.807, 2.05) is 26.0 Å². The monoisotopic (exact) mass is 223 g/mol. The van der Waals surface area contributed by atoms with E-state index in [4.69, 9.17) is 5.73 Å². The lowest BCUT2D eigenvalue weighted by Crippen LogP contribution is -2.32. The minimum Gasteiger partial charge on any atom is -0.390 e. The number of hydrogen-bond acceptors (Lipinski definition) is 4. The zero-order chi connectivity index (χ0) is 12.0. The van der Waals surface area contributed by atoms with Crippen molar-refractivity contribution in [1.29, 1.82) is 0 Å². The Morgan fingerprint density at radius 3 is 2.94 bits per heavy atom. The third kappa shape index (κ3) is 4.16. The van der Waals surface area contributed by atoms with Crippen LogP contribution in [-0.4, -0.2) is 28.8 Å². The summed E-state index contributed by atoms with van der Waals surface area (Å²) >= 11 is 0. The standard InChI is InChI=1S/C12H21N3O/c1-3-14-8-6-12(2,16)9-10-5-4-7-15-11(10)13/h4-5,7,14,16H,3,6,8-9H2,1-2H3,(H2,13,15). The lowest BCUT2D eigenvalue weighted by atomic mass is 9.93. The predicted molar refractivity (Wildman–Crippen MR) is 66.1 cm³/mol. The molecule has 1 aromatic rings. The first-order valence-corrected chi connectivity index (χ1v) is 5.67. The Morgan fingerprint density at radius 2 is 2.31 bits per heavy atom. The highest BCUT2D eigenvalue weighted by molar-refractivity contribution is 5.39. The fourth-order valence-electron chi connectivity index (χ4n) is 1.63. The summed E-state index contributed by atoms with van der Waals surface area (Å²) in [5.41, 5.74) is 5.91. The Bertz CT molecular complexity index is 326. The molecule has 0 aliphatic heterocycles. The smallest absolute Gasteiger partial charge is 0.126 e. The molecule has 1 aromatic heterocycles. The molecule has 1 unspecified atom stereocenters. The van der Waals surface area contributed by atoms with Crippen LogP contribution in [-0.2, 0) is 6.42 Å². The van der Waals surface area contributed by atoms with Crippen LogP contribution in [0.5, 0.6) is 0 Å². The number of anilines is 1. The maximum absolute atomic E-state index is 10.2. The number of aromatic nitrogens is 1. The van der Waals surface area contributed by atoms with E-state index in [-0.39, 0.29) is 0 Å². The summed E-state index contributed by atoms with van der Waals surface area (Å²) in [6.45, 7) is 5.61. The first-order valence-electron chi connectivity index (χ1n) is 5.67. The Hall–Kier alpha value is -1.13. The van der Waals surface area contributed by atoms with Gasteiger partial charge in [0.05, 0.1) is 5.60 Å². The highest BCUT2D eigenvalue weighted by Crippen LogP contribution is 2.19. The summed E-state index contributed by atoms with van der Waals surface area (Å²) in [5, 5.41) is 13.4. The largest absolute Gasteiger partial charge is 0.390 e. The van der Waals surface area contributed by atoms with E-state index in [2.05, 4.69) is 10.3 Å². The van der Waals surface area contributed by atoms with Gasteiger partial charge in [0.2, 0.25) is 0 Å². The van der Waals surface area contributed by atoms with Gasteiger partial charge in [-0.05, 0) is 38.1 Å². The van der Waals surface area contributed by atoms with Crippen molar-refractivity contribution < 1.29 is 5.11 Å². The van der Waals surface area contributed by atoms with Crippen molar-refractivity contribution in [2.75, 3.05) is 18.8 Å². The van der Waals surface area contributed by atoms with Crippen molar-refractivity contribution in [2.24, 2.45) is 0 Å². The van der Waals surface area contributed by atoms with Crippen LogP contribution in [0.4, 0.5) is 5.82 Å². The molecule has 16 heavy (non-hydrogen) atoms. The van der Waals surface area contributed by atoms with Crippen molar-refractivity contribution in [3.8, 4) is 0 Å². The SMILES string of the molecule is CCNCCC(C)(O)Cc1cccnc1N. The molecule has 0 aromatic carbocycles. The zero-order valence-electron chi connectivity index (χ0n) is 10.0. The van der Waals surface area contributed by atoms with E-state index >= 15 is 0 Å². The zero-order valence-corrected chi connectivity index (χ0v) is 10.0. The molecule has 1 rings (SSSR count). The van der Waals surface area contributed by atoms with Gasteiger partial charge in [0.1, 0.15) is 5.82 Å². The number of nitrogens with one attached hydrogen (secondary N) is 1. The molecule has 90 valence electrons. The van der Waals surface area contributed by atoms with E-state index in [9.17, 15) is 5.11 Å². The van der Waals surface area contributed by atoms with Crippen molar-refractivity contribution in [3.05, 3.63) is 23.9 Å². The number of nitrogens with two attached hydrogens (primary N) is 1. The van der Waals surface area contributed by atoms with E-state index in [1.54, 1.807) is 6.20 Å². The van der Waals surface area contributed by atoms with Crippen LogP contribution in [0.25, 0.3) is 0 Å². The Morgan fingerprint density at radius 1 is 1.56 bits per heavy atom. The molecule has 4 N–H and O–H groups in total. The van der Waals surface area contributed by atoms with Gasteiger partial charge in [0.25, 0.3) is 0 Å². The number of rotatable bonds is 6. The predicted octanol–water partition coefficient (Wildman–Crippen LogP) is 0.957. The molecule has 0 bridgehead atoms. The molecule has 0 saturated carbocycles. The van der Waals surface area contributed by atoms with Crippen LogP contribution in [0.15, 0.2) is 18.3 Å². The molecular formula is C12H21N3O. The van der Waals surface area contributed by atoms with Gasteiger partial charge < -0.3 is 16.2 Å². The highest BCUT2D eigenvalue weighted by Gasteiger charge is 2.21.